The third-order valence-electron chi connectivity index (χ3n) is 5.12. The highest BCUT2D eigenvalue weighted by atomic mass is 32.2. The predicted molar refractivity (Wildman–Crippen MR) is 118 cm³/mol. The van der Waals surface area contributed by atoms with Crippen LogP contribution in [0.5, 0.6) is 0 Å². The number of anilines is 1. The maximum atomic E-state index is 12.8. The molecule has 0 radical (unpaired) electrons. The Balaban J connectivity index is 2.08. The third-order valence-corrected chi connectivity index (χ3v) is 6.13. The van der Waals surface area contributed by atoms with Gasteiger partial charge >= 0.3 is 39.2 Å². The zero-order valence-electron chi connectivity index (χ0n) is 20.4. The Kier molecular flexibility index (Phi) is 8.79. The molecular weight excluding hydrogens is 581 g/mol. The fourth-order valence-electron chi connectivity index (χ4n) is 3.64. The third kappa shape index (κ3) is 6.71. The van der Waals surface area contributed by atoms with E-state index in [1.807, 2.05) is 0 Å². The molecular formula is C19H19F3N4O13S. The topological polar surface area (TPSA) is 226 Å². The molecule has 3 rings (SSSR count). The van der Waals surface area contributed by atoms with Gasteiger partial charge in [0.1, 0.15) is 12.1 Å². The molecule has 5 atom stereocenters. The average Bonchev–Trinajstić information content (AvgIpc) is 3.30. The van der Waals surface area contributed by atoms with Gasteiger partial charge < -0.3 is 24.3 Å². The molecule has 1 aromatic heterocycles. The number of carbonyl (C=O) groups excluding carboxylic acids is 3. The number of aromatic nitrogens is 2. The molecule has 0 bridgehead atoms. The molecule has 17 nitrogen and oxygen atoms in total. The normalized spacial score (nSPS) is 23.3. The van der Waals surface area contributed by atoms with Crippen LogP contribution in [0.15, 0.2) is 16.8 Å². The van der Waals surface area contributed by atoms with Crippen LogP contribution in [0.2, 0.25) is 0 Å². The molecule has 1 aromatic carbocycles. The van der Waals surface area contributed by atoms with Gasteiger partial charge in [-0.1, -0.05) is 0 Å². The molecule has 0 saturated carbocycles. The Labute approximate surface area is 221 Å². The summed E-state index contributed by atoms with van der Waals surface area (Å²) in [6.07, 6.45) is -7.34. The van der Waals surface area contributed by atoms with Gasteiger partial charge in [0.25, 0.3) is 0 Å². The number of hydrogen-bond donors (Lipinski definition) is 1. The number of carbonyl (C=O) groups is 3. The summed E-state index contributed by atoms with van der Waals surface area (Å²) in [5, 5.41) is 21.0. The number of non-ortho nitro benzene ring substituents is 1. The first-order valence-electron chi connectivity index (χ1n) is 10.8. The van der Waals surface area contributed by atoms with E-state index in [1.54, 1.807) is 0 Å². The van der Waals surface area contributed by atoms with Crippen molar-refractivity contribution in [1.29, 1.82) is 0 Å². The number of benzene rings is 1. The van der Waals surface area contributed by atoms with E-state index < -0.39 is 81.4 Å². The van der Waals surface area contributed by atoms with Crippen LogP contribution in [0, 0.1) is 10.1 Å². The van der Waals surface area contributed by atoms with E-state index in [1.165, 1.54) is 0 Å². The van der Waals surface area contributed by atoms with Crippen LogP contribution in [0.4, 0.5) is 24.5 Å². The second-order valence-electron chi connectivity index (χ2n) is 8.01. The molecule has 21 heteroatoms. The quantitative estimate of drug-likeness (QED) is 0.105. The van der Waals surface area contributed by atoms with Gasteiger partial charge in [0.05, 0.1) is 17.2 Å². The predicted octanol–water partition coefficient (Wildman–Crippen LogP) is 0.929. The van der Waals surface area contributed by atoms with Crippen molar-refractivity contribution in [2.75, 3.05) is 11.9 Å². The summed E-state index contributed by atoms with van der Waals surface area (Å²) in [7, 11) is -6.15. The zero-order chi connectivity index (χ0) is 30.0. The van der Waals surface area contributed by atoms with Gasteiger partial charge in [-0.2, -0.15) is 21.6 Å². The van der Waals surface area contributed by atoms with E-state index in [4.69, 9.17) is 18.9 Å². The highest BCUT2D eigenvalue weighted by Gasteiger charge is 2.54. The van der Waals surface area contributed by atoms with Crippen molar-refractivity contribution in [3.05, 3.63) is 22.2 Å². The van der Waals surface area contributed by atoms with E-state index >= 15 is 0 Å². The molecule has 3 unspecified atom stereocenters. The number of nitro groups is 1. The summed E-state index contributed by atoms with van der Waals surface area (Å²) in [6, 6.07) is 0.586. The average molecular weight is 600 g/mol. The standard InChI is InChI=1S/C19H19F3N4O13S/c1-7(27)35-16-12(6-34-40(32,33)19(20,21)22)38-18(37-9(3)29)15(17(16)36-8(2)28)23-10-4-5-11(26(30)31)14-13(10)24-39-25-14/h4-5,12,15-18,23H,6H2,1-3H3/t12?,15?,16-,17?,18-/m0/s1. The summed E-state index contributed by atoms with van der Waals surface area (Å²) in [5.41, 5.74) is -6.94. The van der Waals surface area contributed by atoms with Crippen LogP contribution < -0.4 is 5.32 Å². The summed E-state index contributed by atoms with van der Waals surface area (Å²) < 4.78 is 90.9. The molecule has 0 spiro atoms. The van der Waals surface area contributed by atoms with Crippen molar-refractivity contribution in [3.8, 4) is 0 Å². The first kappa shape index (κ1) is 30.4. The number of nitrogens with one attached hydrogen (secondary N) is 1. The SMILES string of the molecule is CC(=O)OC1C(Nc2ccc([N+](=O)[O-])c3nonc23)[C@@H](OC(C)=O)OC(COS(=O)(=O)C(F)(F)F)[C@@H]1OC(C)=O. The lowest BCUT2D eigenvalue weighted by Crippen LogP contribution is -2.64. The fraction of sp³-hybridized carbons (Fsp3) is 0.526. The summed E-state index contributed by atoms with van der Waals surface area (Å²) in [6.45, 7) is 1.31. The van der Waals surface area contributed by atoms with Crippen molar-refractivity contribution < 1.29 is 68.7 Å². The molecule has 2 aromatic rings. The Morgan fingerprint density at radius 1 is 1.02 bits per heavy atom. The van der Waals surface area contributed by atoms with Gasteiger partial charge in [0, 0.05) is 26.8 Å². The van der Waals surface area contributed by atoms with Crippen molar-refractivity contribution in [1.82, 2.24) is 10.3 Å². The Bertz CT molecular complexity index is 1410. The number of nitrogens with zero attached hydrogens (tertiary/aromatic N) is 3. The number of ether oxygens (including phenoxy) is 4. The molecule has 40 heavy (non-hydrogen) atoms. The number of esters is 3. The van der Waals surface area contributed by atoms with Crippen LogP contribution in [-0.4, -0.2) is 84.3 Å². The number of fused-ring (bicyclic) bond motifs is 1. The molecule has 1 saturated heterocycles. The highest BCUT2D eigenvalue weighted by molar-refractivity contribution is 7.87. The van der Waals surface area contributed by atoms with Gasteiger partial charge in [-0.3, -0.25) is 28.7 Å². The second kappa shape index (κ2) is 11.6. The Hall–Kier alpha value is -4.11. The lowest BCUT2D eigenvalue weighted by molar-refractivity contribution is -0.383. The molecule has 220 valence electrons. The summed E-state index contributed by atoms with van der Waals surface area (Å²) in [5.74, 6) is -3.08. The maximum Gasteiger partial charge on any atom is 0.523 e. The number of halogens is 3. The second-order valence-corrected chi connectivity index (χ2v) is 9.61. The molecule has 1 N–H and O–H groups in total. The van der Waals surface area contributed by atoms with Crippen LogP contribution in [-0.2, 0) is 47.6 Å². The van der Waals surface area contributed by atoms with Crippen molar-refractivity contribution in [2.24, 2.45) is 0 Å². The number of nitro benzene ring substituents is 1. The number of hydrogen-bond acceptors (Lipinski definition) is 16. The Morgan fingerprint density at radius 2 is 1.60 bits per heavy atom. The molecule has 1 aliphatic rings. The van der Waals surface area contributed by atoms with E-state index in [2.05, 4.69) is 24.4 Å². The smallest absolute Gasteiger partial charge is 0.456 e. The van der Waals surface area contributed by atoms with E-state index in [0.717, 1.165) is 32.9 Å². The summed E-state index contributed by atoms with van der Waals surface area (Å²) in [4.78, 5) is 46.2. The van der Waals surface area contributed by atoms with Gasteiger partial charge in [-0.25, -0.2) is 4.63 Å². The fourth-order valence-corrected chi connectivity index (χ4v) is 4.09. The van der Waals surface area contributed by atoms with Crippen molar-refractivity contribution in [2.45, 2.75) is 56.9 Å². The van der Waals surface area contributed by atoms with Crippen LogP contribution in [0.3, 0.4) is 0 Å². The molecule has 0 amide bonds. The van der Waals surface area contributed by atoms with Crippen LogP contribution >= 0.6 is 0 Å². The minimum Gasteiger partial charge on any atom is -0.456 e. The van der Waals surface area contributed by atoms with E-state index in [-0.39, 0.29) is 16.7 Å². The lowest BCUT2D eigenvalue weighted by atomic mass is 9.95. The highest BCUT2D eigenvalue weighted by Crippen LogP contribution is 2.34. The Morgan fingerprint density at radius 3 is 2.15 bits per heavy atom. The number of rotatable bonds is 9. The first-order chi connectivity index (χ1) is 18.5. The lowest BCUT2D eigenvalue weighted by Gasteiger charge is -2.44. The van der Waals surface area contributed by atoms with Crippen molar-refractivity contribution >= 4 is 50.4 Å². The molecule has 0 aliphatic carbocycles. The largest absolute Gasteiger partial charge is 0.523 e. The first-order valence-corrected chi connectivity index (χ1v) is 12.2. The zero-order valence-corrected chi connectivity index (χ0v) is 21.3. The maximum absolute atomic E-state index is 12.8. The minimum atomic E-state index is -6.15. The minimum absolute atomic E-state index is 0.0827. The van der Waals surface area contributed by atoms with Crippen molar-refractivity contribution in [3.63, 3.8) is 0 Å². The van der Waals surface area contributed by atoms with E-state index in [9.17, 15) is 46.1 Å². The van der Waals surface area contributed by atoms with Gasteiger partial charge in [0.15, 0.2) is 17.7 Å². The summed E-state index contributed by atoms with van der Waals surface area (Å²) >= 11 is 0. The van der Waals surface area contributed by atoms with Crippen LogP contribution in [0.25, 0.3) is 11.0 Å². The monoisotopic (exact) mass is 600 g/mol. The number of alkyl halides is 3. The van der Waals surface area contributed by atoms with E-state index in [0.29, 0.717) is 0 Å². The van der Waals surface area contributed by atoms with Crippen LogP contribution in [0.1, 0.15) is 20.8 Å². The van der Waals surface area contributed by atoms with Gasteiger partial charge in [-0.15, -0.1) is 0 Å². The van der Waals surface area contributed by atoms with Gasteiger partial charge in [-0.05, 0) is 16.4 Å². The molecule has 2 heterocycles. The molecule has 1 fully saturated rings. The molecule has 1 aliphatic heterocycles. The van der Waals surface area contributed by atoms with Gasteiger partial charge in [0.2, 0.25) is 11.8 Å².